The number of carbonyl (C=O) groups excluding carboxylic acids is 1. The van der Waals surface area contributed by atoms with Crippen LogP contribution in [0, 0.1) is 5.82 Å². The first-order chi connectivity index (χ1) is 11.6. The second-order valence-corrected chi connectivity index (χ2v) is 5.80. The van der Waals surface area contributed by atoms with Crippen LogP contribution in [-0.2, 0) is 11.3 Å². The van der Waals surface area contributed by atoms with Gasteiger partial charge in [-0.05, 0) is 29.8 Å². The molecule has 0 atom stereocenters. The Kier molecular flexibility index (Phi) is 5.05. The zero-order valence-electron chi connectivity index (χ0n) is 13.6. The molecule has 1 aromatic carbocycles. The number of ether oxygens (including phenoxy) is 1. The van der Waals surface area contributed by atoms with E-state index in [1.54, 1.807) is 36.3 Å². The van der Waals surface area contributed by atoms with Gasteiger partial charge in [0.25, 0.3) is 5.91 Å². The van der Waals surface area contributed by atoms with Crippen molar-refractivity contribution < 1.29 is 13.9 Å². The van der Waals surface area contributed by atoms with Gasteiger partial charge >= 0.3 is 0 Å². The average Bonchev–Trinajstić information content (AvgIpc) is 2.62. The number of halogens is 1. The number of benzene rings is 1. The minimum absolute atomic E-state index is 0.139. The van der Waals surface area contributed by atoms with Gasteiger partial charge in [-0.3, -0.25) is 4.79 Å². The Hall–Kier alpha value is -2.47. The molecule has 1 saturated heterocycles. The third kappa shape index (κ3) is 3.89. The lowest BCUT2D eigenvalue weighted by Crippen LogP contribution is -2.36. The third-order valence-electron chi connectivity index (χ3n) is 3.99. The van der Waals surface area contributed by atoms with Crippen molar-refractivity contribution >= 4 is 11.7 Å². The van der Waals surface area contributed by atoms with Crippen molar-refractivity contribution in [3.05, 3.63) is 59.5 Å². The molecule has 0 saturated carbocycles. The molecule has 2 aromatic rings. The molecule has 1 aliphatic heterocycles. The fraction of sp³-hybridized carbons (Fsp3) is 0.333. The molecule has 5 nitrogen and oxygen atoms in total. The van der Waals surface area contributed by atoms with Crippen molar-refractivity contribution in [1.29, 1.82) is 0 Å². The number of rotatable bonds is 4. The van der Waals surface area contributed by atoms with Gasteiger partial charge in [-0.25, -0.2) is 9.37 Å². The Morgan fingerprint density at radius 3 is 2.75 bits per heavy atom. The van der Waals surface area contributed by atoms with Crippen LogP contribution in [0.2, 0.25) is 0 Å². The summed E-state index contributed by atoms with van der Waals surface area (Å²) in [6.45, 7) is 3.35. The van der Waals surface area contributed by atoms with Gasteiger partial charge in [0.15, 0.2) is 0 Å². The van der Waals surface area contributed by atoms with E-state index in [1.807, 2.05) is 6.07 Å². The topological polar surface area (TPSA) is 45.7 Å². The van der Waals surface area contributed by atoms with Crippen molar-refractivity contribution in [3.63, 3.8) is 0 Å². The highest BCUT2D eigenvalue weighted by molar-refractivity contribution is 5.93. The highest BCUT2D eigenvalue weighted by Crippen LogP contribution is 2.15. The number of nitrogens with zero attached hydrogens (tertiary/aromatic N) is 3. The normalized spacial score (nSPS) is 14.5. The maximum absolute atomic E-state index is 13.2. The molecule has 1 fully saturated rings. The van der Waals surface area contributed by atoms with Gasteiger partial charge < -0.3 is 14.5 Å². The van der Waals surface area contributed by atoms with Crippen molar-refractivity contribution in [3.8, 4) is 0 Å². The van der Waals surface area contributed by atoms with E-state index in [0.717, 1.165) is 24.5 Å². The van der Waals surface area contributed by atoms with Crippen LogP contribution < -0.4 is 4.90 Å². The number of amides is 1. The molecule has 1 aliphatic rings. The van der Waals surface area contributed by atoms with Crippen LogP contribution in [0.15, 0.2) is 42.6 Å². The summed E-state index contributed by atoms with van der Waals surface area (Å²) >= 11 is 0. The second-order valence-electron chi connectivity index (χ2n) is 5.80. The number of anilines is 1. The smallest absolute Gasteiger partial charge is 0.255 e. The fourth-order valence-electron chi connectivity index (χ4n) is 2.69. The molecular weight excluding hydrogens is 309 g/mol. The van der Waals surface area contributed by atoms with E-state index < -0.39 is 0 Å². The largest absolute Gasteiger partial charge is 0.378 e. The molecule has 2 heterocycles. The molecule has 3 rings (SSSR count). The highest BCUT2D eigenvalue weighted by Gasteiger charge is 2.15. The second kappa shape index (κ2) is 7.40. The van der Waals surface area contributed by atoms with Gasteiger partial charge in [-0.2, -0.15) is 0 Å². The monoisotopic (exact) mass is 329 g/mol. The maximum atomic E-state index is 13.2. The summed E-state index contributed by atoms with van der Waals surface area (Å²) in [5, 5.41) is 0. The van der Waals surface area contributed by atoms with Gasteiger partial charge in [0.2, 0.25) is 0 Å². The van der Waals surface area contributed by atoms with Gasteiger partial charge in [-0.15, -0.1) is 0 Å². The molecule has 126 valence electrons. The highest BCUT2D eigenvalue weighted by atomic mass is 19.1. The number of pyridine rings is 1. The first kappa shape index (κ1) is 16.4. The summed E-state index contributed by atoms with van der Waals surface area (Å²) in [7, 11) is 1.70. The quantitative estimate of drug-likeness (QED) is 0.864. The lowest BCUT2D eigenvalue weighted by atomic mass is 10.2. The molecule has 0 aliphatic carbocycles. The molecule has 24 heavy (non-hydrogen) atoms. The zero-order valence-corrected chi connectivity index (χ0v) is 13.6. The van der Waals surface area contributed by atoms with Gasteiger partial charge in [0.05, 0.1) is 18.8 Å². The van der Waals surface area contributed by atoms with E-state index in [4.69, 9.17) is 4.74 Å². The number of morpholine rings is 1. The molecule has 1 amide bonds. The van der Waals surface area contributed by atoms with Crippen LogP contribution in [0.25, 0.3) is 0 Å². The van der Waals surface area contributed by atoms with Crippen LogP contribution in [0.1, 0.15) is 15.9 Å². The summed E-state index contributed by atoms with van der Waals surface area (Å²) in [4.78, 5) is 20.6. The Morgan fingerprint density at radius 2 is 2.08 bits per heavy atom. The van der Waals surface area contributed by atoms with Crippen molar-refractivity contribution in [2.75, 3.05) is 38.3 Å². The van der Waals surface area contributed by atoms with Gasteiger partial charge in [-0.1, -0.05) is 12.1 Å². The minimum atomic E-state index is -0.301. The fourth-order valence-corrected chi connectivity index (χ4v) is 2.69. The van der Waals surface area contributed by atoms with E-state index in [0.29, 0.717) is 25.3 Å². The van der Waals surface area contributed by atoms with E-state index in [9.17, 15) is 9.18 Å². The van der Waals surface area contributed by atoms with Crippen molar-refractivity contribution in [2.45, 2.75) is 6.54 Å². The molecular formula is C18H20FN3O2. The molecule has 0 N–H and O–H groups in total. The van der Waals surface area contributed by atoms with Gasteiger partial charge in [0.1, 0.15) is 11.6 Å². The lowest BCUT2D eigenvalue weighted by Gasteiger charge is -2.27. The van der Waals surface area contributed by atoms with Crippen LogP contribution in [0.4, 0.5) is 10.2 Å². The van der Waals surface area contributed by atoms with E-state index in [1.165, 1.54) is 12.1 Å². The summed E-state index contributed by atoms with van der Waals surface area (Å²) in [6.07, 6.45) is 1.59. The molecule has 0 bridgehead atoms. The van der Waals surface area contributed by atoms with Crippen molar-refractivity contribution in [2.24, 2.45) is 0 Å². The Labute approximate surface area is 140 Å². The minimum Gasteiger partial charge on any atom is -0.378 e. The predicted octanol–water partition coefficient (Wildman–Crippen LogP) is 2.33. The summed E-state index contributed by atoms with van der Waals surface area (Å²) in [5.41, 5.74) is 1.27. The molecule has 0 spiro atoms. The standard InChI is InChI=1S/C18H20FN3O2/c1-21(13-14-3-2-4-16(19)11-14)18(23)15-5-6-17(20-12-15)22-7-9-24-10-8-22/h2-6,11-12H,7-10,13H2,1H3. The number of carbonyl (C=O) groups is 1. The van der Waals surface area contributed by atoms with Gasteiger partial charge in [0, 0.05) is 32.9 Å². The SMILES string of the molecule is CN(Cc1cccc(F)c1)C(=O)c1ccc(N2CCOCC2)nc1. The summed E-state index contributed by atoms with van der Waals surface area (Å²) < 4.78 is 18.6. The Balaban J connectivity index is 1.65. The number of hydrogen-bond acceptors (Lipinski definition) is 4. The first-order valence-electron chi connectivity index (χ1n) is 7.92. The van der Waals surface area contributed by atoms with Crippen molar-refractivity contribution in [1.82, 2.24) is 9.88 Å². The molecule has 1 aromatic heterocycles. The van der Waals surface area contributed by atoms with Crippen LogP contribution >= 0.6 is 0 Å². The Bertz CT molecular complexity index is 700. The molecule has 0 unspecified atom stereocenters. The molecule has 0 radical (unpaired) electrons. The van der Waals surface area contributed by atoms with Crippen LogP contribution in [0.5, 0.6) is 0 Å². The van der Waals surface area contributed by atoms with Crippen LogP contribution in [-0.4, -0.2) is 49.1 Å². The van der Waals surface area contributed by atoms with E-state index in [-0.39, 0.29) is 11.7 Å². The average molecular weight is 329 g/mol. The zero-order chi connectivity index (χ0) is 16.9. The first-order valence-corrected chi connectivity index (χ1v) is 7.92. The number of hydrogen-bond donors (Lipinski definition) is 0. The maximum Gasteiger partial charge on any atom is 0.255 e. The van der Waals surface area contributed by atoms with E-state index in [2.05, 4.69) is 9.88 Å². The number of aromatic nitrogens is 1. The molecule has 6 heteroatoms. The Morgan fingerprint density at radius 1 is 1.29 bits per heavy atom. The lowest BCUT2D eigenvalue weighted by molar-refractivity contribution is 0.0784. The van der Waals surface area contributed by atoms with Crippen LogP contribution in [0.3, 0.4) is 0 Å². The third-order valence-corrected chi connectivity index (χ3v) is 3.99. The summed E-state index contributed by atoms with van der Waals surface area (Å²) in [5.74, 6) is 0.410. The summed E-state index contributed by atoms with van der Waals surface area (Å²) in [6, 6.07) is 9.90. The predicted molar refractivity (Wildman–Crippen MR) is 89.5 cm³/mol. The van der Waals surface area contributed by atoms with E-state index >= 15 is 0 Å².